The van der Waals surface area contributed by atoms with Crippen LogP contribution >= 0.6 is 0 Å². The summed E-state index contributed by atoms with van der Waals surface area (Å²) in [5, 5.41) is 5.60. The van der Waals surface area contributed by atoms with Crippen LogP contribution in [0.5, 0.6) is 0 Å². The minimum absolute atomic E-state index is 0.122. The number of benzene rings is 1. The van der Waals surface area contributed by atoms with Crippen molar-refractivity contribution in [3.05, 3.63) is 35.6 Å². The molecule has 2 N–H and O–H groups in total. The summed E-state index contributed by atoms with van der Waals surface area (Å²) in [5.74, 6) is -1.06. The summed E-state index contributed by atoms with van der Waals surface area (Å²) in [6.07, 6.45) is 2.33. The van der Waals surface area contributed by atoms with Crippen LogP contribution in [0.15, 0.2) is 24.3 Å². The Morgan fingerprint density at radius 2 is 1.87 bits per heavy atom. The Labute approximate surface area is 136 Å². The summed E-state index contributed by atoms with van der Waals surface area (Å²) in [5.41, 5.74) is 0.835. The van der Waals surface area contributed by atoms with Gasteiger partial charge in [0.15, 0.2) is 5.79 Å². The van der Waals surface area contributed by atoms with Gasteiger partial charge in [-0.2, -0.15) is 0 Å². The van der Waals surface area contributed by atoms with E-state index >= 15 is 0 Å². The van der Waals surface area contributed by atoms with Gasteiger partial charge in [-0.3, -0.25) is 0 Å². The zero-order chi connectivity index (χ0) is 16.7. The molecule has 0 unspecified atom stereocenters. The monoisotopic (exact) mass is 324 g/mol. The number of nitrogens with one attached hydrogen (secondary N) is 2. The Bertz CT molecular complexity index is 499. The molecule has 0 spiro atoms. The summed E-state index contributed by atoms with van der Waals surface area (Å²) < 4.78 is 24.7. The minimum Gasteiger partial charge on any atom is -0.343 e. The van der Waals surface area contributed by atoms with Crippen LogP contribution < -0.4 is 10.6 Å². The molecule has 1 aromatic rings. The molecule has 1 fully saturated rings. The summed E-state index contributed by atoms with van der Waals surface area (Å²) in [6.45, 7) is 5.50. The lowest BCUT2D eigenvalue weighted by molar-refractivity contribution is -0.171. The fourth-order valence-electron chi connectivity index (χ4n) is 2.61. The Morgan fingerprint density at radius 1 is 1.22 bits per heavy atom. The predicted octanol–water partition coefficient (Wildman–Crippen LogP) is 2.90. The van der Waals surface area contributed by atoms with E-state index in [1.165, 1.54) is 12.1 Å². The molecule has 1 aromatic carbocycles. The van der Waals surface area contributed by atoms with Gasteiger partial charge in [-0.25, -0.2) is 9.18 Å². The van der Waals surface area contributed by atoms with Gasteiger partial charge in [0.2, 0.25) is 0 Å². The zero-order valence-electron chi connectivity index (χ0n) is 13.7. The first-order valence-corrected chi connectivity index (χ1v) is 8.10. The minimum atomic E-state index is -0.784. The summed E-state index contributed by atoms with van der Waals surface area (Å²) in [4.78, 5) is 11.5. The van der Waals surface area contributed by atoms with Crippen molar-refractivity contribution in [3.63, 3.8) is 0 Å². The molecule has 23 heavy (non-hydrogen) atoms. The van der Waals surface area contributed by atoms with Crippen LogP contribution in [0, 0.1) is 5.82 Å². The van der Waals surface area contributed by atoms with Gasteiger partial charge in [-0.1, -0.05) is 12.1 Å². The molecule has 1 aliphatic heterocycles. The van der Waals surface area contributed by atoms with Gasteiger partial charge in [-0.05, 0) is 38.8 Å². The van der Waals surface area contributed by atoms with Gasteiger partial charge in [-0.15, -0.1) is 0 Å². The van der Waals surface area contributed by atoms with Crippen LogP contribution in [0.1, 0.15) is 38.7 Å². The number of rotatable bonds is 7. The number of carbonyl (C=O) groups is 1. The standard InChI is InChI=1S/C17H25FN2O3/c1-13(2)20-16(21)19-10-4-3-9-17(22-11-12-23-17)14-5-7-15(18)8-6-14/h5-8,13H,3-4,9-12H2,1-2H3,(H2,19,20,21). The number of ether oxygens (including phenoxy) is 2. The molecule has 1 heterocycles. The lowest BCUT2D eigenvalue weighted by Crippen LogP contribution is -2.39. The lowest BCUT2D eigenvalue weighted by atomic mass is 9.99. The molecular weight excluding hydrogens is 299 g/mol. The molecule has 2 amide bonds. The quantitative estimate of drug-likeness (QED) is 0.758. The third-order valence-electron chi connectivity index (χ3n) is 3.68. The first kappa shape index (κ1) is 17.7. The van der Waals surface area contributed by atoms with E-state index in [1.54, 1.807) is 12.1 Å². The highest BCUT2D eigenvalue weighted by molar-refractivity contribution is 5.73. The van der Waals surface area contributed by atoms with Crippen molar-refractivity contribution < 1.29 is 18.7 Å². The van der Waals surface area contributed by atoms with Crippen molar-refractivity contribution in [1.82, 2.24) is 10.6 Å². The molecule has 5 nitrogen and oxygen atoms in total. The maximum Gasteiger partial charge on any atom is 0.314 e. The van der Waals surface area contributed by atoms with Crippen molar-refractivity contribution in [2.24, 2.45) is 0 Å². The number of urea groups is 1. The number of amides is 2. The number of hydrogen-bond acceptors (Lipinski definition) is 3. The topological polar surface area (TPSA) is 59.6 Å². The first-order chi connectivity index (χ1) is 11.0. The fourth-order valence-corrected chi connectivity index (χ4v) is 2.61. The van der Waals surface area contributed by atoms with Crippen molar-refractivity contribution in [3.8, 4) is 0 Å². The molecule has 1 saturated heterocycles. The van der Waals surface area contributed by atoms with E-state index in [4.69, 9.17) is 9.47 Å². The maximum atomic E-state index is 13.1. The Morgan fingerprint density at radius 3 is 2.48 bits per heavy atom. The van der Waals surface area contributed by atoms with Crippen LogP contribution in [0.2, 0.25) is 0 Å². The van der Waals surface area contributed by atoms with E-state index in [0.29, 0.717) is 26.2 Å². The van der Waals surface area contributed by atoms with Crippen molar-refractivity contribution in [1.29, 1.82) is 0 Å². The third-order valence-corrected chi connectivity index (χ3v) is 3.68. The van der Waals surface area contributed by atoms with Gasteiger partial charge in [0, 0.05) is 24.6 Å². The Hall–Kier alpha value is -1.66. The molecule has 6 heteroatoms. The molecule has 0 aliphatic carbocycles. The molecule has 1 aliphatic rings. The van der Waals surface area contributed by atoms with Crippen molar-refractivity contribution in [2.75, 3.05) is 19.8 Å². The SMILES string of the molecule is CC(C)NC(=O)NCCCCC1(c2ccc(F)cc2)OCCO1. The highest BCUT2D eigenvalue weighted by Gasteiger charge is 2.37. The molecule has 128 valence electrons. The number of carbonyl (C=O) groups excluding carboxylic acids is 1. The summed E-state index contributed by atoms with van der Waals surface area (Å²) in [6, 6.07) is 6.21. The van der Waals surface area contributed by atoms with Gasteiger partial charge < -0.3 is 20.1 Å². The largest absolute Gasteiger partial charge is 0.343 e. The average molecular weight is 324 g/mol. The van der Waals surface area contributed by atoms with Gasteiger partial charge in [0.05, 0.1) is 13.2 Å². The summed E-state index contributed by atoms with van der Waals surface area (Å²) >= 11 is 0. The fraction of sp³-hybridized carbons (Fsp3) is 0.588. The summed E-state index contributed by atoms with van der Waals surface area (Å²) in [7, 11) is 0. The molecule has 0 radical (unpaired) electrons. The van der Waals surface area contributed by atoms with Crippen molar-refractivity contribution >= 4 is 6.03 Å². The van der Waals surface area contributed by atoms with Crippen LogP contribution in [0.25, 0.3) is 0 Å². The van der Waals surface area contributed by atoms with E-state index in [9.17, 15) is 9.18 Å². The molecule has 0 aromatic heterocycles. The number of hydrogen-bond donors (Lipinski definition) is 2. The van der Waals surface area contributed by atoms with E-state index in [2.05, 4.69) is 10.6 Å². The Kier molecular flexibility index (Phi) is 6.36. The lowest BCUT2D eigenvalue weighted by Gasteiger charge is -2.28. The van der Waals surface area contributed by atoms with Gasteiger partial charge >= 0.3 is 6.03 Å². The second-order valence-electron chi connectivity index (χ2n) is 5.97. The second-order valence-corrected chi connectivity index (χ2v) is 5.97. The molecule has 0 saturated carbocycles. The number of unbranched alkanes of at least 4 members (excludes halogenated alkanes) is 1. The Balaban J connectivity index is 1.79. The maximum absolute atomic E-state index is 13.1. The average Bonchev–Trinajstić information content (AvgIpc) is 2.97. The highest BCUT2D eigenvalue weighted by Crippen LogP contribution is 2.36. The normalized spacial score (nSPS) is 16.5. The third kappa shape index (κ3) is 5.18. The number of halogens is 1. The molecule has 2 rings (SSSR count). The highest BCUT2D eigenvalue weighted by atomic mass is 19.1. The van der Waals surface area contributed by atoms with Crippen molar-refractivity contribution in [2.45, 2.75) is 44.9 Å². The second kappa shape index (κ2) is 8.26. The van der Waals surface area contributed by atoms with E-state index in [0.717, 1.165) is 18.4 Å². The van der Waals surface area contributed by atoms with Gasteiger partial charge in [0.25, 0.3) is 0 Å². The van der Waals surface area contributed by atoms with Crippen LogP contribution in [-0.2, 0) is 15.3 Å². The predicted molar refractivity (Wildman–Crippen MR) is 85.5 cm³/mol. The molecule has 0 atom stereocenters. The molecule has 0 bridgehead atoms. The zero-order valence-corrected chi connectivity index (χ0v) is 13.7. The van der Waals surface area contributed by atoms with Gasteiger partial charge in [0.1, 0.15) is 5.82 Å². The smallest absolute Gasteiger partial charge is 0.314 e. The molecular formula is C17H25FN2O3. The van der Waals surface area contributed by atoms with E-state index < -0.39 is 5.79 Å². The van der Waals surface area contributed by atoms with E-state index in [1.807, 2.05) is 13.8 Å². The van der Waals surface area contributed by atoms with E-state index in [-0.39, 0.29) is 17.9 Å². The first-order valence-electron chi connectivity index (χ1n) is 8.10. The van der Waals surface area contributed by atoms with Crippen LogP contribution in [0.3, 0.4) is 0 Å². The van der Waals surface area contributed by atoms with Crippen LogP contribution in [-0.4, -0.2) is 31.8 Å². The van der Waals surface area contributed by atoms with Crippen LogP contribution in [0.4, 0.5) is 9.18 Å².